The van der Waals surface area contributed by atoms with Crippen LogP contribution in [0.2, 0.25) is 0 Å². The van der Waals surface area contributed by atoms with Crippen molar-refractivity contribution in [3.05, 3.63) is 28.7 Å². The number of piperazine rings is 1. The number of para-hydroxylation sites is 1. The average Bonchev–Trinajstić information content (AvgIpc) is 2.63. The lowest BCUT2D eigenvalue weighted by Gasteiger charge is -2.36. The Bertz CT molecular complexity index is 543. The average molecular weight is 397 g/mol. The molecule has 1 aromatic carbocycles. The van der Waals surface area contributed by atoms with Gasteiger partial charge in [0, 0.05) is 56.8 Å². The van der Waals surface area contributed by atoms with Crippen LogP contribution < -0.4 is 5.32 Å². The van der Waals surface area contributed by atoms with E-state index < -0.39 is 0 Å². The van der Waals surface area contributed by atoms with Crippen LogP contribution >= 0.6 is 15.9 Å². The van der Waals surface area contributed by atoms with E-state index in [0.717, 1.165) is 75.7 Å². The molecule has 6 nitrogen and oxygen atoms in total. The van der Waals surface area contributed by atoms with E-state index in [1.807, 2.05) is 29.2 Å². The largest absolute Gasteiger partial charge is 0.379 e. The molecule has 0 radical (unpaired) electrons. The molecule has 0 aliphatic carbocycles. The van der Waals surface area contributed by atoms with Crippen molar-refractivity contribution in [1.82, 2.24) is 14.7 Å². The van der Waals surface area contributed by atoms with Gasteiger partial charge in [0.15, 0.2) is 0 Å². The van der Waals surface area contributed by atoms with Crippen molar-refractivity contribution in [2.45, 2.75) is 0 Å². The van der Waals surface area contributed by atoms with E-state index in [2.05, 4.69) is 31.0 Å². The van der Waals surface area contributed by atoms with Crippen LogP contribution in [0.1, 0.15) is 0 Å². The van der Waals surface area contributed by atoms with Gasteiger partial charge in [0.1, 0.15) is 0 Å². The number of rotatable bonds is 4. The number of anilines is 1. The molecule has 24 heavy (non-hydrogen) atoms. The lowest BCUT2D eigenvalue weighted by molar-refractivity contribution is 0.0311. The molecule has 2 saturated heterocycles. The Hall–Kier alpha value is -1.15. The predicted molar refractivity (Wildman–Crippen MR) is 98.4 cm³/mol. The molecule has 0 unspecified atom stereocenters. The number of morpholine rings is 1. The Morgan fingerprint density at radius 1 is 1.00 bits per heavy atom. The molecule has 7 heteroatoms. The third-order valence-corrected chi connectivity index (χ3v) is 5.30. The van der Waals surface area contributed by atoms with Crippen molar-refractivity contribution in [1.29, 1.82) is 0 Å². The molecule has 2 aliphatic rings. The first kappa shape index (κ1) is 17.7. The Balaban J connectivity index is 1.39. The lowest BCUT2D eigenvalue weighted by Crippen LogP contribution is -2.51. The second-order valence-electron chi connectivity index (χ2n) is 6.19. The summed E-state index contributed by atoms with van der Waals surface area (Å²) in [4.78, 5) is 19.2. The smallest absolute Gasteiger partial charge is 0.321 e. The van der Waals surface area contributed by atoms with Crippen LogP contribution in [0.5, 0.6) is 0 Å². The van der Waals surface area contributed by atoms with Gasteiger partial charge in [0.2, 0.25) is 0 Å². The van der Waals surface area contributed by atoms with Crippen LogP contribution in [-0.4, -0.2) is 86.3 Å². The summed E-state index contributed by atoms with van der Waals surface area (Å²) in [5.41, 5.74) is 0.817. The third-order valence-electron chi connectivity index (χ3n) is 4.61. The zero-order valence-electron chi connectivity index (χ0n) is 13.9. The first-order chi connectivity index (χ1) is 11.7. The van der Waals surface area contributed by atoms with Crippen molar-refractivity contribution < 1.29 is 9.53 Å². The van der Waals surface area contributed by atoms with E-state index in [-0.39, 0.29) is 6.03 Å². The van der Waals surface area contributed by atoms with Crippen LogP contribution in [0.4, 0.5) is 10.5 Å². The molecule has 1 N–H and O–H groups in total. The summed E-state index contributed by atoms with van der Waals surface area (Å²) in [6, 6.07) is 7.67. The molecule has 2 fully saturated rings. The Labute approximate surface area is 151 Å². The maximum Gasteiger partial charge on any atom is 0.321 e. The van der Waals surface area contributed by atoms with Crippen LogP contribution in [0.15, 0.2) is 28.7 Å². The first-order valence-electron chi connectivity index (χ1n) is 8.55. The van der Waals surface area contributed by atoms with E-state index in [1.165, 1.54) is 0 Å². The molecule has 2 heterocycles. The summed E-state index contributed by atoms with van der Waals surface area (Å²) in [5, 5.41) is 2.98. The number of carbonyl (C=O) groups is 1. The van der Waals surface area contributed by atoms with Crippen molar-refractivity contribution in [3.63, 3.8) is 0 Å². The molecule has 3 rings (SSSR count). The Kier molecular flexibility index (Phi) is 6.48. The van der Waals surface area contributed by atoms with Crippen molar-refractivity contribution in [3.8, 4) is 0 Å². The highest BCUT2D eigenvalue weighted by Crippen LogP contribution is 2.21. The minimum atomic E-state index is -0.0188. The van der Waals surface area contributed by atoms with Gasteiger partial charge in [0.25, 0.3) is 0 Å². The molecular weight excluding hydrogens is 372 g/mol. The zero-order chi connectivity index (χ0) is 16.8. The summed E-state index contributed by atoms with van der Waals surface area (Å²) in [6.07, 6.45) is 0. The van der Waals surface area contributed by atoms with Gasteiger partial charge in [-0.1, -0.05) is 12.1 Å². The highest BCUT2D eigenvalue weighted by molar-refractivity contribution is 9.10. The monoisotopic (exact) mass is 396 g/mol. The maximum atomic E-state index is 12.4. The van der Waals surface area contributed by atoms with E-state index in [0.29, 0.717) is 0 Å². The number of hydrogen-bond donors (Lipinski definition) is 1. The van der Waals surface area contributed by atoms with E-state index in [1.54, 1.807) is 0 Å². The number of nitrogens with one attached hydrogen (secondary N) is 1. The van der Waals surface area contributed by atoms with Crippen LogP contribution in [-0.2, 0) is 4.74 Å². The van der Waals surface area contributed by atoms with E-state index >= 15 is 0 Å². The molecule has 0 aromatic heterocycles. The molecule has 132 valence electrons. The van der Waals surface area contributed by atoms with Gasteiger partial charge in [-0.3, -0.25) is 9.80 Å². The van der Waals surface area contributed by atoms with Gasteiger partial charge in [0.05, 0.1) is 18.9 Å². The molecule has 0 atom stereocenters. The summed E-state index contributed by atoms with van der Waals surface area (Å²) in [5.74, 6) is 0. The predicted octanol–water partition coefficient (Wildman–Crippen LogP) is 1.93. The fourth-order valence-corrected chi connectivity index (χ4v) is 3.42. The normalized spacial score (nSPS) is 20.1. The molecule has 2 aliphatic heterocycles. The summed E-state index contributed by atoms with van der Waals surface area (Å²) < 4.78 is 6.28. The lowest BCUT2D eigenvalue weighted by atomic mass is 10.3. The number of halogens is 1. The topological polar surface area (TPSA) is 48.1 Å². The molecule has 1 aromatic rings. The van der Waals surface area contributed by atoms with Gasteiger partial charge in [-0.15, -0.1) is 0 Å². The molecule has 0 bridgehead atoms. The number of hydrogen-bond acceptors (Lipinski definition) is 4. The van der Waals surface area contributed by atoms with Gasteiger partial charge >= 0.3 is 6.03 Å². The number of urea groups is 1. The summed E-state index contributed by atoms with van der Waals surface area (Å²) >= 11 is 3.46. The van der Waals surface area contributed by atoms with Crippen LogP contribution in [0.25, 0.3) is 0 Å². The standard InChI is InChI=1S/C17H25BrN4O2/c18-15-3-1-2-4-16(15)19-17(23)22-9-7-20(8-10-22)5-6-21-11-13-24-14-12-21/h1-4H,5-14H2,(H,19,23). The maximum absolute atomic E-state index is 12.4. The van der Waals surface area contributed by atoms with Crippen molar-refractivity contribution in [2.75, 3.05) is 70.9 Å². The molecule has 2 amide bonds. The number of carbonyl (C=O) groups excluding carboxylic acids is 1. The van der Waals surface area contributed by atoms with Crippen molar-refractivity contribution >= 4 is 27.6 Å². The number of ether oxygens (including phenoxy) is 1. The van der Waals surface area contributed by atoms with Gasteiger partial charge in [-0.25, -0.2) is 4.79 Å². The Morgan fingerprint density at radius 3 is 2.29 bits per heavy atom. The number of benzene rings is 1. The summed E-state index contributed by atoms with van der Waals surface area (Å²) in [6.45, 7) is 9.36. The fourth-order valence-electron chi connectivity index (χ4n) is 3.04. The third kappa shape index (κ3) is 4.92. The minimum Gasteiger partial charge on any atom is -0.379 e. The Morgan fingerprint density at radius 2 is 1.62 bits per heavy atom. The number of nitrogens with zero attached hydrogens (tertiary/aromatic N) is 3. The van der Waals surface area contributed by atoms with Gasteiger partial charge in [-0.2, -0.15) is 0 Å². The SMILES string of the molecule is O=C(Nc1ccccc1Br)N1CCN(CCN2CCOCC2)CC1. The number of amides is 2. The minimum absolute atomic E-state index is 0.0188. The fraction of sp³-hybridized carbons (Fsp3) is 0.588. The second-order valence-corrected chi connectivity index (χ2v) is 7.05. The molecular formula is C17H25BrN4O2. The first-order valence-corrected chi connectivity index (χ1v) is 9.34. The highest BCUT2D eigenvalue weighted by atomic mass is 79.9. The second kappa shape index (κ2) is 8.80. The molecule has 0 saturated carbocycles. The highest BCUT2D eigenvalue weighted by Gasteiger charge is 2.22. The molecule has 0 spiro atoms. The quantitative estimate of drug-likeness (QED) is 0.844. The zero-order valence-corrected chi connectivity index (χ0v) is 15.5. The van der Waals surface area contributed by atoms with Crippen molar-refractivity contribution in [2.24, 2.45) is 0 Å². The van der Waals surface area contributed by atoms with Gasteiger partial charge in [-0.05, 0) is 28.1 Å². The summed E-state index contributed by atoms with van der Waals surface area (Å²) in [7, 11) is 0. The van der Waals surface area contributed by atoms with E-state index in [4.69, 9.17) is 4.74 Å². The van der Waals surface area contributed by atoms with Crippen LogP contribution in [0, 0.1) is 0 Å². The van der Waals surface area contributed by atoms with E-state index in [9.17, 15) is 4.79 Å². The van der Waals surface area contributed by atoms with Crippen LogP contribution in [0.3, 0.4) is 0 Å². The van der Waals surface area contributed by atoms with Gasteiger partial charge < -0.3 is 15.0 Å².